The van der Waals surface area contributed by atoms with Crippen LogP contribution in [0.1, 0.15) is 77.3 Å². The summed E-state index contributed by atoms with van der Waals surface area (Å²) in [4.78, 5) is 0. The lowest BCUT2D eigenvalue weighted by Gasteiger charge is -2.26. The van der Waals surface area contributed by atoms with Gasteiger partial charge in [-0.1, -0.05) is 53.4 Å². The second kappa shape index (κ2) is 16.4. The van der Waals surface area contributed by atoms with Crippen molar-refractivity contribution >= 4 is 0 Å². The molecule has 264 valence electrons. The minimum Gasteiger partial charge on any atom is -0.316 e. The minimum atomic E-state index is -7.10. The van der Waals surface area contributed by atoms with Crippen molar-refractivity contribution in [2.45, 2.75) is 84.5 Å². The van der Waals surface area contributed by atoms with Gasteiger partial charge in [0, 0.05) is 5.56 Å². The second-order valence-corrected chi connectivity index (χ2v) is 10.5. The van der Waals surface area contributed by atoms with Gasteiger partial charge in [-0.3, -0.25) is 0 Å². The molecule has 0 saturated heterocycles. The molecule has 0 radical (unpaired) electrons. The summed E-state index contributed by atoms with van der Waals surface area (Å²) in [6.45, 7) is 11.6. The highest BCUT2D eigenvalue weighted by Crippen LogP contribution is 2.53. The van der Waals surface area contributed by atoms with Crippen LogP contribution in [-0.2, 0) is 12.1 Å². The van der Waals surface area contributed by atoms with Crippen molar-refractivity contribution < 1.29 is 70.2 Å². The van der Waals surface area contributed by atoms with E-state index >= 15 is 0 Å². The molecular weight excluding hydrogens is 666 g/mol. The van der Waals surface area contributed by atoms with Crippen LogP contribution >= 0.6 is 0 Å². The number of hydrogen-bond acceptors (Lipinski definition) is 1. The molecule has 0 saturated carbocycles. The summed E-state index contributed by atoms with van der Waals surface area (Å²) in [7, 11) is 0. The van der Waals surface area contributed by atoms with Crippen molar-refractivity contribution in [1.82, 2.24) is 5.32 Å². The highest BCUT2D eigenvalue weighted by Gasteiger charge is 2.63. The molecule has 1 nitrogen and oxygen atoms in total. The van der Waals surface area contributed by atoms with E-state index in [9.17, 15) is 70.2 Å². The van der Waals surface area contributed by atoms with Crippen molar-refractivity contribution in [1.29, 1.82) is 0 Å². The van der Waals surface area contributed by atoms with Gasteiger partial charge in [0.1, 0.15) is 5.56 Å². The summed E-state index contributed by atoms with van der Waals surface area (Å²) >= 11 is 0. The smallest absolute Gasteiger partial charge is 0.316 e. The predicted molar refractivity (Wildman–Crippen MR) is 137 cm³/mol. The summed E-state index contributed by atoms with van der Waals surface area (Å²) in [5.41, 5.74) is -14.2. The Kier molecular flexibility index (Phi) is 14.7. The van der Waals surface area contributed by atoms with E-state index in [1.54, 1.807) is 0 Å². The fourth-order valence-corrected chi connectivity index (χ4v) is 4.55. The maximum Gasteiger partial charge on any atom is 0.458 e. The van der Waals surface area contributed by atoms with E-state index in [0.717, 1.165) is 11.8 Å². The lowest BCUT2D eigenvalue weighted by atomic mass is 9.88. The van der Waals surface area contributed by atoms with Crippen molar-refractivity contribution in [3.8, 4) is 11.1 Å². The zero-order chi connectivity index (χ0) is 35.9. The molecule has 2 aromatic rings. The van der Waals surface area contributed by atoms with Gasteiger partial charge in [-0.25, -0.2) is 35.1 Å². The molecule has 0 aliphatic rings. The van der Waals surface area contributed by atoms with E-state index in [1.165, 1.54) is 51.6 Å². The van der Waals surface area contributed by atoms with Crippen LogP contribution in [0.5, 0.6) is 0 Å². The van der Waals surface area contributed by atoms with Gasteiger partial charge >= 0.3 is 18.3 Å². The Hall–Kier alpha value is -2.72. The van der Waals surface area contributed by atoms with Crippen molar-refractivity contribution in [3.05, 3.63) is 57.7 Å². The molecular formula is C29H31F16N. The van der Waals surface area contributed by atoms with Gasteiger partial charge in [-0.05, 0) is 37.8 Å². The third-order valence-corrected chi connectivity index (χ3v) is 7.00. The fraction of sp³-hybridized carbons (Fsp3) is 0.586. The molecule has 0 aliphatic carbocycles. The Morgan fingerprint density at radius 3 is 1.41 bits per heavy atom. The summed E-state index contributed by atoms with van der Waals surface area (Å²) in [6, 6.07) is 0. The van der Waals surface area contributed by atoms with Crippen molar-refractivity contribution in [3.63, 3.8) is 0 Å². The van der Waals surface area contributed by atoms with Crippen molar-refractivity contribution in [2.75, 3.05) is 13.1 Å². The molecule has 0 aliphatic heterocycles. The zero-order valence-corrected chi connectivity index (χ0v) is 24.9. The number of alkyl halides is 8. The summed E-state index contributed by atoms with van der Waals surface area (Å²) in [6.07, 6.45) is -5.48. The van der Waals surface area contributed by atoms with Gasteiger partial charge in [0.05, 0.1) is 11.1 Å². The quantitative estimate of drug-likeness (QED) is 0.101. The number of nitrogens with one attached hydrogen (secondary N) is 1. The minimum absolute atomic E-state index is 0.849. The molecule has 17 heteroatoms. The Morgan fingerprint density at radius 1 is 0.543 bits per heavy atom. The molecule has 2 aromatic carbocycles. The molecule has 2 unspecified atom stereocenters. The molecule has 46 heavy (non-hydrogen) atoms. The molecule has 1 N–H and O–H groups in total. The molecule has 2 atom stereocenters. The number of hydrogen-bond donors (Lipinski definition) is 1. The zero-order valence-electron chi connectivity index (χ0n) is 24.9. The number of benzene rings is 2. The molecule has 0 heterocycles. The van der Waals surface area contributed by atoms with E-state index in [0.29, 0.717) is 0 Å². The fourth-order valence-electron chi connectivity index (χ4n) is 4.55. The SMILES string of the molecule is CCCNCC(C)CCC(CC)CCC.Fc1c(F)c(F)c(-c2c(C(F)(F)F)c(F)c(F)c(F)c2C(F)(F)C(F)(F)F)c(F)c1F. The van der Waals surface area contributed by atoms with Gasteiger partial charge in [0.2, 0.25) is 5.82 Å². The Bertz CT molecular complexity index is 1290. The Balaban J connectivity index is 0.000000595. The number of halogens is 16. The molecule has 0 fully saturated rings. The lowest BCUT2D eigenvalue weighted by Crippen LogP contribution is -2.36. The molecule has 0 aromatic heterocycles. The van der Waals surface area contributed by atoms with E-state index in [2.05, 4.69) is 33.0 Å². The largest absolute Gasteiger partial charge is 0.458 e. The van der Waals surface area contributed by atoms with Crippen LogP contribution in [0.3, 0.4) is 0 Å². The van der Waals surface area contributed by atoms with Crippen LogP contribution in [-0.4, -0.2) is 19.3 Å². The van der Waals surface area contributed by atoms with Gasteiger partial charge < -0.3 is 5.32 Å². The standard InChI is InChI=1S/C15F16.C14H31N/c16-5-2(6(17)10(21)12(23)9(5)20)1-3(13(24,25)15(29,30)31)7(18)11(22)8(19)4(1)14(26,27)28;1-5-8-14(7-3)10-9-13(4)12-15-11-6-2/h;13-15H,5-12H2,1-4H3. The Morgan fingerprint density at radius 2 is 1.00 bits per heavy atom. The second-order valence-electron chi connectivity index (χ2n) is 10.5. The third kappa shape index (κ3) is 9.21. The van der Waals surface area contributed by atoms with Crippen LogP contribution in [0.25, 0.3) is 11.1 Å². The van der Waals surface area contributed by atoms with Gasteiger partial charge in [0.25, 0.3) is 0 Å². The third-order valence-electron chi connectivity index (χ3n) is 7.00. The highest BCUT2D eigenvalue weighted by atomic mass is 19.4. The monoisotopic (exact) mass is 697 g/mol. The van der Waals surface area contributed by atoms with E-state index < -0.39 is 87.1 Å². The first-order valence-electron chi connectivity index (χ1n) is 14.0. The average Bonchev–Trinajstić information content (AvgIpc) is 2.95. The summed E-state index contributed by atoms with van der Waals surface area (Å²) < 4.78 is 214. The molecule has 0 spiro atoms. The van der Waals surface area contributed by atoms with Crippen LogP contribution in [0.2, 0.25) is 0 Å². The summed E-state index contributed by atoms with van der Waals surface area (Å²) in [5, 5.41) is 3.51. The van der Waals surface area contributed by atoms with Crippen LogP contribution in [0.15, 0.2) is 0 Å². The Labute approximate surface area is 254 Å². The first-order chi connectivity index (χ1) is 21.0. The van der Waals surface area contributed by atoms with Gasteiger partial charge in [-0.15, -0.1) is 0 Å². The topological polar surface area (TPSA) is 12.0 Å². The highest BCUT2D eigenvalue weighted by molar-refractivity contribution is 5.75. The van der Waals surface area contributed by atoms with E-state index in [1.807, 2.05) is 0 Å². The average molecular weight is 698 g/mol. The number of rotatable bonds is 12. The van der Waals surface area contributed by atoms with Crippen LogP contribution < -0.4 is 5.32 Å². The van der Waals surface area contributed by atoms with Gasteiger partial charge in [-0.2, -0.15) is 35.1 Å². The maximum atomic E-state index is 13.9. The maximum absolute atomic E-state index is 13.9. The van der Waals surface area contributed by atoms with E-state index in [-0.39, 0.29) is 0 Å². The molecule has 0 bridgehead atoms. The normalized spacial score (nSPS) is 13.8. The molecule has 2 rings (SSSR count). The summed E-state index contributed by atoms with van der Waals surface area (Å²) in [5.74, 6) is -32.3. The predicted octanol–water partition coefficient (Wildman–Crippen LogP) is 11.4. The first kappa shape index (κ1) is 41.3. The van der Waals surface area contributed by atoms with Crippen LogP contribution in [0, 0.1) is 58.4 Å². The molecule has 0 amide bonds. The van der Waals surface area contributed by atoms with Crippen molar-refractivity contribution in [2.24, 2.45) is 11.8 Å². The lowest BCUT2D eigenvalue weighted by molar-refractivity contribution is -0.290. The van der Waals surface area contributed by atoms with E-state index in [4.69, 9.17) is 0 Å². The van der Waals surface area contributed by atoms with Crippen LogP contribution in [0.4, 0.5) is 70.2 Å². The first-order valence-corrected chi connectivity index (χ1v) is 14.0. The van der Waals surface area contributed by atoms with Gasteiger partial charge in [0.15, 0.2) is 40.7 Å².